The first-order valence-electron chi connectivity index (χ1n) is 5.84. The van der Waals surface area contributed by atoms with Crippen LogP contribution in [0, 0.1) is 20.8 Å². The van der Waals surface area contributed by atoms with E-state index >= 15 is 0 Å². The lowest BCUT2D eigenvalue weighted by Gasteiger charge is -1.96. The molecule has 7 nitrogen and oxygen atoms in total. The van der Waals surface area contributed by atoms with E-state index in [-0.39, 0.29) is 5.91 Å². The standard InChI is InChI=1S/C12H16N6O/c1-7-5-11(15-14-7)12(19)16-13-6-10-8(2)17-18(4)9(10)3/h5-6H,1-4H3,(H,14,15)(H,16,19)/b13-6-. The minimum Gasteiger partial charge on any atom is -0.282 e. The van der Waals surface area contributed by atoms with Crippen molar-refractivity contribution in [2.24, 2.45) is 12.1 Å². The van der Waals surface area contributed by atoms with Gasteiger partial charge >= 0.3 is 0 Å². The van der Waals surface area contributed by atoms with Crippen LogP contribution in [0.3, 0.4) is 0 Å². The van der Waals surface area contributed by atoms with Gasteiger partial charge in [0.15, 0.2) is 5.69 Å². The first kappa shape index (κ1) is 13.0. The highest BCUT2D eigenvalue weighted by Gasteiger charge is 2.09. The molecule has 0 spiro atoms. The number of nitrogens with one attached hydrogen (secondary N) is 2. The van der Waals surface area contributed by atoms with E-state index in [2.05, 4.69) is 25.8 Å². The number of hydrogen-bond acceptors (Lipinski definition) is 4. The van der Waals surface area contributed by atoms with Crippen LogP contribution in [-0.4, -0.2) is 32.1 Å². The minimum absolute atomic E-state index is 0.314. The van der Waals surface area contributed by atoms with Crippen LogP contribution >= 0.6 is 0 Å². The van der Waals surface area contributed by atoms with Crippen LogP contribution in [0.2, 0.25) is 0 Å². The minimum atomic E-state index is -0.347. The van der Waals surface area contributed by atoms with Crippen LogP contribution < -0.4 is 5.43 Å². The summed E-state index contributed by atoms with van der Waals surface area (Å²) in [4.78, 5) is 11.7. The maximum absolute atomic E-state index is 11.7. The van der Waals surface area contributed by atoms with E-state index in [0.717, 1.165) is 22.6 Å². The lowest BCUT2D eigenvalue weighted by Crippen LogP contribution is -2.18. The lowest BCUT2D eigenvalue weighted by atomic mass is 10.2. The molecular weight excluding hydrogens is 244 g/mol. The molecule has 0 saturated carbocycles. The van der Waals surface area contributed by atoms with Gasteiger partial charge < -0.3 is 0 Å². The molecule has 0 radical (unpaired) electrons. The number of nitrogens with zero attached hydrogens (tertiary/aromatic N) is 4. The predicted octanol–water partition coefficient (Wildman–Crippen LogP) is 0.832. The summed E-state index contributed by atoms with van der Waals surface area (Å²) >= 11 is 0. The number of H-pyrrole nitrogens is 1. The van der Waals surface area contributed by atoms with E-state index in [1.165, 1.54) is 0 Å². The molecule has 7 heteroatoms. The van der Waals surface area contributed by atoms with E-state index in [0.29, 0.717) is 5.69 Å². The largest absolute Gasteiger partial charge is 0.291 e. The van der Waals surface area contributed by atoms with E-state index in [4.69, 9.17) is 0 Å². The van der Waals surface area contributed by atoms with Gasteiger partial charge in [-0.1, -0.05) is 0 Å². The van der Waals surface area contributed by atoms with Crippen molar-refractivity contribution >= 4 is 12.1 Å². The van der Waals surface area contributed by atoms with E-state index < -0.39 is 0 Å². The summed E-state index contributed by atoms with van der Waals surface area (Å²) in [5.41, 5.74) is 6.34. The van der Waals surface area contributed by atoms with Gasteiger partial charge in [-0.2, -0.15) is 15.3 Å². The zero-order valence-corrected chi connectivity index (χ0v) is 11.4. The third-order valence-corrected chi connectivity index (χ3v) is 2.86. The predicted molar refractivity (Wildman–Crippen MR) is 71.1 cm³/mol. The van der Waals surface area contributed by atoms with Crippen LogP contribution in [0.15, 0.2) is 11.2 Å². The molecule has 100 valence electrons. The van der Waals surface area contributed by atoms with Gasteiger partial charge in [0.05, 0.1) is 11.9 Å². The number of rotatable bonds is 3. The molecule has 2 aromatic heterocycles. The molecular formula is C12H16N6O. The molecule has 0 fully saturated rings. The number of hydrazone groups is 1. The van der Waals surface area contributed by atoms with Crippen molar-refractivity contribution in [3.63, 3.8) is 0 Å². The lowest BCUT2D eigenvalue weighted by molar-refractivity contribution is 0.0950. The number of carbonyl (C=O) groups is 1. The average Bonchev–Trinajstić information content (AvgIpc) is 2.88. The normalized spacial score (nSPS) is 11.2. The summed E-state index contributed by atoms with van der Waals surface area (Å²) in [7, 11) is 1.87. The SMILES string of the molecule is Cc1cc(C(=O)N/N=C\c2c(C)nn(C)c2C)n[nH]1. The molecule has 0 aliphatic heterocycles. The molecule has 0 aliphatic rings. The zero-order chi connectivity index (χ0) is 14.0. The van der Waals surface area contributed by atoms with Crippen LogP contribution in [0.4, 0.5) is 0 Å². The van der Waals surface area contributed by atoms with Gasteiger partial charge in [0.1, 0.15) is 0 Å². The van der Waals surface area contributed by atoms with Crippen molar-refractivity contribution in [1.29, 1.82) is 0 Å². The molecule has 0 atom stereocenters. The second-order valence-electron chi connectivity index (χ2n) is 4.34. The monoisotopic (exact) mass is 260 g/mol. The molecule has 0 unspecified atom stereocenters. The molecule has 2 rings (SSSR count). The fourth-order valence-corrected chi connectivity index (χ4v) is 1.72. The third-order valence-electron chi connectivity index (χ3n) is 2.86. The fraction of sp³-hybridized carbons (Fsp3) is 0.333. The maximum Gasteiger partial charge on any atom is 0.291 e. The highest BCUT2D eigenvalue weighted by Crippen LogP contribution is 2.08. The maximum atomic E-state index is 11.7. The van der Waals surface area contributed by atoms with Crippen molar-refractivity contribution in [2.75, 3.05) is 0 Å². The topological polar surface area (TPSA) is 88.0 Å². The Morgan fingerprint density at radius 3 is 2.74 bits per heavy atom. The first-order chi connectivity index (χ1) is 8.99. The highest BCUT2D eigenvalue weighted by atomic mass is 16.2. The van der Waals surface area contributed by atoms with Crippen molar-refractivity contribution in [1.82, 2.24) is 25.4 Å². The van der Waals surface area contributed by atoms with Crippen molar-refractivity contribution in [3.8, 4) is 0 Å². The molecule has 1 amide bonds. The van der Waals surface area contributed by atoms with E-state index in [1.54, 1.807) is 17.0 Å². The number of aromatic nitrogens is 4. The van der Waals surface area contributed by atoms with Gasteiger partial charge in [-0.3, -0.25) is 14.6 Å². The van der Waals surface area contributed by atoms with Gasteiger partial charge in [-0.15, -0.1) is 0 Å². The summed E-state index contributed by atoms with van der Waals surface area (Å²) in [6.45, 7) is 5.67. The highest BCUT2D eigenvalue weighted by molar-refractivity contribution is 5.93. The van der Waals surface area contributed by atoms with Gasteiger partial charge in [-0.25, -0.2) is 5.43 Å². The van der Waals surface area contributed by atoms with Crippen molar-refractivity contribution in [2.45, 2.75) is 20.8 Å². The fourth-order valence-electron chi connectivity index (χ4n) is 1.72. The second kappa shape index (κ2) is 5.05. The van der Waals surface area contributed by atoms with E-state index in [9.17, 15) is 4.79 Å². The summed E-state index contributed by atoms with van der Waals surface area (Å²) in [6, 6.07) is 1.66. The van der Waals surface area contributed by atoms with Gasteiger partial charge in [0, 0.05) is 24.0 Å². The molecule has 2 aromatic rings. The Bertz CT molecular complexity index is 637. The number of amides is 1. The van der Waals surface area contributed by atoms with Gasteiger partial charge in [0.2, 0.25) is 0 Å². The summed E-state index contributed by atoms with van der Waals surface area (Å²) < 4.78 is 1.77. The molecule has 2 heterocycles. The van der Waals surface area contributed by atoms with Crippen LogP contribution in [0.1, 0.15) is 33.1 Å². The summed E-state index contributed by atoms with van der Waals surface area (Å²) in [5, 5.41) is 14.8. The number of aryl methyl sites for hydroxylation is 3. The third kappa shape index (κ3) is 2.70. The zero-order valence-electron chi connectivity index (χ0n) is 11.4. The number of carbonyl (C=O) groups excluding carboxylic acids is 1. The summed E-state index contributed by atoms with van der Waals surface area (Å²) in [5.74, 6) is -0.347. The van der Waals surface area contributed by atoms with Crippen LogP contribution in [-0.2, 0) is 7.05 Å². The Balaban J connectivity index is 2.06. The summed E-state index contributed by atoms with van der Waals surface area (Å²) in [6.07, 6.45) is 1.59. The Morgan fingerprint density at radius 2 is 2.21 bits per heavy atom. The Kier molecular flexibility index (Phi) is 3.46. The molecule has 2 N–H and O–H groups in total. The average molecular weight is 260 g/mol. The van der Waals surface area contributed by atoms with Gasteiger partial charge in [-0.05, 0) is 26.8 Å². The quantitative estimate of drug-likeness (QED) is 0.633. The smallest absolute Gasteiger partial charge is 0.282 e. The molecule has 0 aromatic carbocycles. The molecule has 0 saturated heterocycles. The Hall–Kier alpha value is -2.44. The first-order valence-corrected chi connectivity index (χ1v) is 5.84. The number of aromatic amines is 1. The van der Waals surface area contributed by atoms with Crippen molar-refractivity contribution in [3.05, 3.63) is 34.4 Å². The number of hydrogen-bond donors (Lipinski definition) is 2. The Morgan fingerprint density at radius 1 is 1.47 bits per heavy atom. The van der Waals surface area contributed by atoms with Crippen LogP contribution in [0.5, 0.6) is 0 Å². The Labute approximate surface area is 110 Å². The van der Waals surface area contributed by atoms with Gasteiger partial charge in [0.25, 0.3) is 5.91 Å². The van der Waals surface area contributed by atoms with Crippen LogP contribution in [0.25, 0.3) is 0 Å². The molecule has 0 bridgehead atoms. The van der Waals surface area contributed by atoms with E-state index in [1.807, 2.05) is 27.8 Å². The molecule has 19 heavy (non-hydrogen) atoms. The van der Waals surface area contributed by atoms with Crippen molar-refractivity contribution < 1.29 is 4.79 Å². The second-order valence-corrected chi connectivity index (χ2v) is 4.34. The molecule has 0 aliphatic carbocycles.